The van der Waals surface area contributed by atoms with Crippen LogP contribution in [0.1, 0.15) is 54.4 Å². The topological polar surface area (TPSA) is 160 Å². The maximum Gasteiger partial charge on any atom is 0.408 e. The van der Waals surface area contributed by atoms with Gasteiger partial charge in [0.15, 0.2) is 0 Å². The van der Waals surface area contributed by atoms with E-state index in [-0.39, 0.29) is 13.0 Å². The van der Waals surface area contributed by atoms with E-state index in [1.54, 1.807) is 41.5 Å². The summed E-state index contributed by atoms with van der Waals surface area (Å²) in [6, 6.07) is -2.88. The molecule has 0 aliphatic rings. The number of nitrogens with two attached hydrogens (primary N) is 1. The number of amides is 4. The van der Waals surface area contributed by atoms with Gasteiger partial charge in [-0.05, 0) is 39.0 Å². The van der Waals surface area contributed by atoms with Crippen molar-refractivity contribution in [3.05, 3.63) is 0 Å². The Morgan fingerprint density at radius 2 is 1.59 bits per heavy atom. The van der Waals surface area contributed by atoms with Crippen LogP contribution in [0.15, 0.2) is 0 Å². The highest BCUT2D eigenvalue weighted by molar-refractivity contribution is 5.89. The number of aliphatic carboxylic acids is 1. The molecule has 0 heterocycles. The summed E-state index contributed by atoms with van der Waals surface area (Å²) in [5.74, 6) is -1.85. The summed E-state index contributed by atoms with van der Waals surface area (Å²) in [6.45, 7) is 10.5. The Morgan fingerprint density at radius 3 is 2.00 bits per heavy atom. The van der Waals surface area contributed by atoms with Crippen LogP contribution in [0.5, 0.6) is 0 Å². The first-order valence-corrected chi connectivity index (χ1v) is 8.69. The van der Waals surface area contributed by atoms with E-state index in [0.717, 1.165) is 0 Å². The van der Waals surface area contributed by atoms with Gasteiger partial charge in [0.2, 0.25) is 5.91 Å². The summed E-state index contributed by atoms with van der Waals surface area (Å²) in [5, 5.41) is 16.6. The normalized spacial score (nSPS) is 13.9. The zero-order valence-electron chi connectivity index (χ0n) is 16.8. The van der Waals surface area contributed by atoms with Crippen molar-refractivity contribution in [1.29, 1.82) is 0 Å². The molecule has 0 aliphatic heterocycles. The first-order valence-electron chi connectivity index (χ1n) is 8.69. The average molecular weight is 388 g/mol. The van der Waals surface area contributed by atoms with Crippen molar-refractivity contribution in [2.75, 3.05) is 6.54 Å². The van der Waals surface area contributed by atoms with Crippen LogP contribution in [0.4, 0.5) is 9.59 Å². The quantitative estimate of drug-likeness (QED) is 0.389. The fourth-order valence-corrected chi connectivity index (χ4v) is 2.13. The van der Waals surface area contributed by atoms with Crippen LogP contribution in [0.3, 0.4) is 0 Å². The molecule has 0 rings (SSSR count). The third-order valence-corrected chi connectivity index (χ3v) is 3.37. The number of ether oxygens (including phenoxy) is 1. The second-order valence-electron chi connectivity index (χ2n) is 8.28. The second kappa shape index (κ2) is 9.98. The molecule has 10 heteroatoms. The number of nitrogens with one attached hydrogen (secondary N) is 3. The molecule has 0 aliphatic carbocycles. The Bertz CT molecular complexity index is 551. The van der Waals surface area contributed by atoms with Crippen LogP contribution < -0.4 is 21.7 Å². The first kappa shape index (κ1) is 24.5. The zero-order chi connectivity index (χ0) is 21.4. The number of rotatable bonds is 8. The van der Waals surface area contributed by atoms with Gasteiger partial charge < -0.3 is 31.5 Å². The molecule has 4 amide bonds. The maximum atomic E-state index is 12.6. The highest BCUT2D eigenvalue weighted by Gasteiger charge is 2.36. The van der Waals surface area contributed by atoms with E-state index in [9.17, 15) is 24.3 Å². The summed E-state index contributed by atoms with van der Waals surface area (Å²) in [6.07, 6.45) is -0.375. The number of carbonyl (C=O) groups excluding carboxylic acids is 3. The van der Waals surface area contributed by atoms with E-state index in [1.807, 2.05) is 0 Å². The molecule has 6 N–H and O–H groups in total. The molecule has 2 atom stereocenters. The Morgan fingerprint density at radius 1 is 1.04 bits per heavy atom. The standard InChI is InChI=1S/C17H32N4O6/c1-16(2,3)11(21-15(26)27-17(4,5)6)12(22)20-10(13(23)24)8-7-9-19-14(18)25/h10-11H,7-9H2,1-6H3,(H,20,22)(H,21,26)(H,23,24)(H3,18,19,25)/t10-,11+/m0/s1. The fourth-order valence-electron chi connectivity index (χ4n) is 2.13. The van der Waals surface area contributed by atoms with Crippen LogP contribution in [0, 0.1) is 5.41 Å². The monoisotopic (exact) mass is 388 g/mol. The molecule has 0 saturated carbocycles. The van der Waals surface area contributed by atoms with E-state index in [4.69, 9.17) is 10.5 Å². The smallest absolute Gasteiger partial charge is 0.408 e. The van der Waals surface area contributed by atoms with Crippen LogP contribution in [0.25, 0.3) is 0 Å². The van der Waals surface area contributed by atoms with Crippen molar-refractivity contribution in [3.8, 4) is 0 Å². The number of carbonyl (C=O) groups is 4. The van der Waals surface area contributed by atoms with Crippen LogP contribution in [0.2, 0.25) is 0 Å². The van der Waals surface area contributed by atoms with Gasteiger partial charge in [-0.2, -0.15) is 0 Å². The van der Waals surface area contributed by atoms with Crippen LogP contribution >= 0.6 is 0 Å². The summed E-state index contributed by atoms with van der Waals surface area (Å²) in [7, 11) is 0. The summed E-state index contributed by atoms with van der Waals surface area (Å²) in [4.78, 5) is 46.7. The molecule has 27 heavy (non-hydrogen) atoms. The highest BCUT2D eigenvalue weighted by atomic mass is 16.6. The van der Waals surface area contributed by atoms with Gasteiger partial charge in [0, 0.05) is 6.54 Å². The predicted octanol–water partition coefficient (Wildman–Crippen LogP) is 0.944. The van der Waals surface area contributed by atoms with Gasteiger partial charge in [0.1, 0.15) is 17.7 Å². The lowest BCUT2D eigenvalue weighted by atomic mass is 9.86. The highest BCUT2D eigenvalue weighted by Crippen LogP contribution is 2.20. The van der Waals surface area contributed by atoms with Crippen molar-refractivity contribution in [1.82, 2.24) is 16.0 Å². The summed E-state index contributed by atoms with van der Waals surface area (Å²) >= 11 is 0. The van der Waals surface area contributed by atoms with Crippen molar-refractivity contribution >= 4 is 24.0 Å². The molecule has 0 radical (unpaired) electrons. The van der Waals surface area contributed by atoms with E-state index < -0.39 is 47.1 Å². The minimum Gasteiger partial charge on any atom is -0.480 e. The molecule has 0 aromatic carbocycles. The van der Waals surface area contributed by atoms with Gasteiger partial charge in [-0.15, -0.1) is 0 Å². The fraction of sp³-hybridized carbons (Fsp3) is 0.765. The van der Waals surface area contributed by atoms with E-state index in [1.165, 1.54) is 0 Å². The molecule has 0 aromatic heterocycles. The molecule has 0 unspecified atom stereocenters. The molecule has 156 valence electrons. The lowest BCUT2D eigenvalue weighted by Gasteiger charge is -2.32. The van der Waals surface area contributed by atoms with Gasteiger partial charge >= 0.3 is 18.1 Å². The molecule has 0 fully saturated rings. The van der Waals surface area contributed by atoms with E-state index in [2.05, 4.69) is 16.0 Å². The maximum absolute atomic E-state index is 12.6. The Kier molecular flexibility index (Phi) is 9.05. The molecule has 0 aromatic rings. The minimum atomic E-state index is -1.22. The third kappa shape index (κ3) is 10.9. The van der Waals surface area contributed by atoms with Gasteiger partial charge in [-0.3, -0.25) is 4.79 Å². The summed E-state index contributed by atoms with van der Waals surface area (Å²) < 4.78 is 5.17. The molecule has 0 spiro atoms. The van der Waals surface area contributed by atoms with E-state index >= 15 is 0 Å². The molecule has 10 nitrogen and oxygen atoms in total. The van der Waals surface area contributed by atoms with Gasteiger partial charge in [0.25, 0.3) is 0 Å². The number of urea groups is 1. The van der Waals surface area contributed by atoms with Crippen molar-refractivity contribution < 1.29 is 29.0 Å². The van der Waals surface area contributed by atoms with Gasteiger partial charge in [-0.1, -0.05) is 20.8 Å². The average Bonchev–Trinajstić information content (AvgIpc) is 2.44. The minimum absolute atomic E-state index is 0.0880. The Hall–Kier alpha value is -2.52. The van der Waals surface area contributed by atoms with Gasteiger partial charge in [-0.25, -0.2) is 14.4 Å². The third-order valence-electron chi connectivity index (χ3n) is 3.37. The number of primary amides is 1. The second-order valence-corrected chi connectivity index (χ2v) is 8.28. The Labute approximate surface area is 159 Å². The molecule has 0 bridgehead atoms. The Balaban J connectivity index is 5.00. The van der Waals surface area contributed by atoms with Gasteiger partial charge in [0.05, 0.1) is 0 Å². The predicted molar refractivity (Wildman–Crippen MR) is 99.0 cm³/mol. The first-order chi connectivity index (χ1) is 12.1. The largest absolute Gasteiger partial charge is 0.480 e. The molecular formula is C17H32N4O6. The van der Waals surface area contributed by atoms with E-state index in [0.29, 0.717) is 6.42 Å². The van der Waals surface area contributed by atoms with Crippen molar-refractivity contribution in [3.63, 3.8) is 0 Å². The zero-order valence-corrected chi connectivity index (χ0v) is 16.8. The summed E-state index contributed by atoms with van der Waals surface area (Å²) in [5.41, 5.74) is 3.52. The molecular weight excluding hydrogens is 356 g/mol. The SMILES string of the molecule is CC(C)(C)OC(=O)N[C@H](C(=O)N[C@@H](CCCNC(N)=O)C(=O)O)C(C)(C)C. The number of hydrogen-bond acceptors (Lipinski definition) is 5. The lowest BCUT2D eigenvalue weighted by molar-refractivity contribution is -0.142. The lowest BCUT2D eigenvalue weighted by Crippen LogP contribution is -2.57. The molecule has 0 saturated heterocycles. The van der Waals surface area contributed by atoms with Crippen LogP contribution in [-0.4, -0.2) is 53.3 Å². The number of alkyl carbamates (subject to hydrolysis) is 1. The number of hydrogen-bond donors (Lipinski definition) is 5. The van der Waals surface area contributed by atoms with Crippen molar-refractivity contribution in [2.24, 2.45) is 11.1 Å². The number of carboxylic acid groups (broad SMARTS) is 1. The van der Waals surface area contributed by atoms with Crippen molar-refractivity contribution in [2.45, 2.75) is 72.1 Å². The van der Waals surface area contributed by atoms with Crippen LogP contribution in [-0.2, 0) is 14.3 Å². The number of carboxylic acids is 1.